The fourth-order valence-corrected chi connectivity index (χ4v) is 4.57. The van der Waals surface area contributed by atoms with Gasteiger partial charge in [0.15, 0.2) is 0 Å². The highest BCUT2D eigenvalue weighted by atomic mass is 35.5. The lowest BCUT2D eigenvalue weighted by Crippen LogP contribution is -2.54. The Balaban J connectivity index is 0.000000481. The SMILES string of the molecule is O=C(O)C(=O)O.O=C(c1cccc(Cl)c1)N1CCN(C2CCN(Cc3ccccc3)CC2)CC1. The minimum atomic E-state index is -1.82. The lowest BCUT2D eigenvalue weighted by molar-refractivity contribution is -0.159. The highest BCUT2D eigenvalue weighted by Crippen LogP contribution is 2.21. The number of halogens is 1. The number of nitrogens with zero attached hydrogens (tertiary/aromatic N) is 3. The molecule has 0 spiro atoms. The molecule has 0 bridgehead atoms. The number of amides is 1. The van der Waals surface area contributed by atoms with Crippen molar-refractivity contribution in [3.8, 4) is 0 Å². The molecule has 2 aromatic rings. The quantitative estimate of drug-likeness (QED) is 0.639. The number of aliphatic carboxylic acids is 2. The van der Waals surface area contributed by atoms with Crippen LogP contribution in [0.25, 0.3) is 0 Å². The van der Waals surface area contributed by atoms with E-state index in [1.165, 1.54) is 18.4 Å². The van der Waals surface area contributed by atoms with E-state index in [0.717, 1.165) is 45.8 Å². The zero-order valence-electron chi connectivity index (χ0n) is 19.0. The van der Waals surface area contributed by atoms with E-state index in [1.54, 1.807) is 12.1 Å². The van der Waals surface area contributed by atoms with Crippen LogP contribution in [-0.2, 0) is 16.1 Å². The second kappa shape index (κ2) is 12.5. The maximum atomic E-state index is 12.7. The van der Waals surface area contributed by atoms with Gasteiger partial charge in [-0.05, 0) is 49.7 Å². The van der Waals surface area contributed by atoms with Crippen LogP contribution in [0.1, 0.15) is 28.8 Å². The minimum absolute atomic E-state index is 0.0971. The zero-order valence-corrected chi connectivity index (χ0v) is 19.7. The van der Waals surface area contributed by atoms with Crippen LogP contribution in [0.3, 0.4) is 0 Å². The third-order valence-electron chi connectivity index (χ3n) is 6.18. The van der Waals surface area contributed by atoms with Crippen molar-refractivity contribution in [2.45, 2.75) is 25.4 Å². The molecule has 0 aliphatic carbocycles. The molecule has 8 nitrogen and oxygen atoms in total. The fourth-order valence-electron chi connectivity index (χ4n) is 4.38. The average molecular weight is 488 g/mol. The number of carboxylic acids is 2. The molecule has 2 fully saturated rings. The van der Waals surface area contributed by atoms with E-state index in [-0.39, 0.29) is 5.91 Å². The molecule has 0 aromatic heterocycles. The Morgan fingerprint density at radius 2 is 1.44 bits per heavy atom. The van der Waals surface area contributed by atoms with E-state index in [0.29, 0.717) is 16.6 Å². The summed E-state index contributed by atoms with van der Waals surface area (Å²) < 4.78 is 0. The largest absolute Gasteiger partial charge is 0.473 e. The first-order chi connectivity index (χ1) is 16.3. The summed E-state index contributed by atoms with van der Waals surface area (Å²) >= 11 is 6.03. The standard InChI is InChI=1S/C23H28ClN3O.C2H2O4/c24-21-8-4-7-20(17-21)23(28)27-15-13-26(14-16-27)22-9-11-25(12-10-22)18-19-5-2-1-3-6-19;3-1(4)2(5)6/h1-8,17,22H,9-16,18H2;(H,3,4)(H,5,6). The van der Waals surface area contributed by atoms with Crippen LogP contribution in [0.15, 0.2) is 54.6 Å². The minimum Gasteiger partial charge on any atom is -0.473 e. The van der Waals surface area contributed by atoms with Gasteiger partial charge in [-0.25, -0.2) is 9.59 Å². The maximum Gasteiger partial charge on any atom is 0.414 e. The third kappa shape index (κ3) is 7.55. The summed E-state index contributed by atoms with van der Waals surface area (Å²) in [5.41, 5.74) is 2.09. The summed E-state index contributed by atoms with van der Waals surface area (Å²) in [6.07, 6.45) is 2.43. The van der Waals surface area contributed by atoms with Gasteiger partial charge < -0.3 is 15.1 Å². The van der Waals surface area contributed by atoms with Gasteiger partial charge >= 0.3 is 11.9 Å². The lowest BCUT2D eigenvalue weighted by atomic mass is 10.0. The van der Waals surface area contributed by atoms with Gasteiger partial charge in [0.2, 0.25) is 0 Å². The van der Waals surface area contributed by atoms with E-state index in [1.807, 2.05) is 17.0 Å². The molecular formula is C25H30ClN3O5. The Labute approximate surface area is 204 Å². The van der Waals surface area contributed by atoms with Crippen LogP contribution in [-0.4, -0.2) is 88.1 Å². The number of likely N-dealkylation sites (tertiary alicyclic amines) is 1. The van der Waals surface area contributed by atoms with Crippen molar-refractivity contribution in [3.05, 3.63) is 70.7 Å². The van der Waals surface area contributed by atoms with Crippen molar-refractivity contribution < 1.29 is 24.6 Å². The molecule has 0 unspecified atom stereocenters. The van der Waals surface area contributed by atoms with Crippen LogP contribution in [0.2, 0.25) is 5.02 Å². The molecule has 2 saturated heterocycles. The number of piperazine rings is 1. The molecule has 2 heterocycles. The van der Waals surface area contributed by atoms with Gasteiger partial charge in [0, 0.05) is 49.4 Å². The van der Waals surface area contributed by atoms with E-state index in [2.05, 4.69) is 40.1 Å². The van der Waals surface area contributed by atoms with Gasteiger partial charge in [0.25, 0.3) is 5.91 Å². The van der Waals surface area contributed by atoms with Crippen LogP contribution in [0.5, 0.6) is 0 Å². The molecule has 2 aromatic carbocycles. The number of carbonyl (C=O) groups excluding carboxylic acids is 1. The number of carboxylic acid groups (broad SMARTS) is 2. The van der Waals surface area contributed by atoms with E-state index < -0.39 is 11.9 Å². The van der Waals surface area contributed by atoms with Crippen LogP contribution >= 0.6 is 11.6 Å². The average Bonchev–Trinajstić information content (AvgIpc) is 2.85. The number of benzene rings is 2. The maximum absolute atomic E-state index is 12.7. The second-order valence-corrected chi connectivity index (χ2v) is 8.88. The first-order valence-electron chi connectivity index (χ1n) is 11.3. The van der Waals surface area contributed by atoms with Gasteiger partial charge in [0.05, 0.1) is 0 Å². The number of rotatable bonds is 4. The predicted molar refractivity (Wildman–Crippen MR) is 129 cm³/mol. The van der Waals surface area contributed by atoms with E-state index in [4.69, 9.17) is 31.4 Å². The summed E-state index contributed by atoms with van der Waals surface area (Å²) in [4.78, 5) is 38.0. The lowest BCUT2D eigenvalue weighted by Gasteiger charge is -2.42. The molecule has 34 heavy (non-hydrogen) atoms. The number of piperidine rings is 1. The molecule has 0 radical (unpaired) electrons. The third-order valence-corrected chi connectivity index (χ3v) is 6.41. The van der Waals surface area contributed by atoms with Crippen molar-refractivity contribution in [2.24, 2.45) is 0 Å². The number of carbonyl (C=O) groups is 3. The summed E-state index contributed by atoms with van der Waals surface area (Å²) in [5.74, 6) is -3.55. The Bertz CT molecular complexity index is 960. The Kier molecular flexibility index (Phi) is 9.44. The van der Waals surface area contributed by atoms with Gasteiger partial charge in [-0.1, -0.05) is 48.0 Å². The molecule has 0 atom stereocenters. The molecule has 182 valence electrons. The zero-order chi connectivity index (χ0) is 24.5. The fraction of sp³-hybridized carbons (Fsp3) is 0.400. The normalized spacial score (nSPS) is 17.5. The topological polar surface area (TPSA) is 101 Å². The molecule has 9 heteroatoms. The predicted octanol–water partition coefficient (Wildman–Crippen LogP) is 2.92. The monoisotopic (exact) mass is 487 g/mol. The summed E-state index contributed by atoms with van der Waals surface area (Å²) in [7, 11) is 0. The van der Waals surface area contributed by atoms with Crippen molar-refractivity contribution >= 4 is 29.4 Å². The highest BCUT2D eigenvalue weighted by molar-refractivity contribution is 6.31. The number of hydrogen-bond acceptors (Lipinski definition) is 5. The van der Waals surface area contributed by atoms with Crippen molar-refractivity contribution in [3.63, 3.8) is 0 Å². The summed E-state index contributed by atoms with van der Waals surface area (Å²) in [6, 6.07) is 18.6. The molecule has 2 N–H and O–H groups in total. The summed E-state index contributed by atoms with van der Waals surface area (Å²) in [6.45, 7) is 6.90. The number of hydrogen-bond donors (Lipinski definition) is 2. The molecule has 2 aliphatic heterocycles. The summed E-state index contributed by atoms with van der Waals surface area (Å²) in [5, 5.41) is 15.4. The Morgan fingerprint density at radius 1 is 0.824 bits per heavy atom. The van der Waals surface area contributed by atoms with Gasteiger partial charge in [0.1, 0.15) is 0 Å². The molecule has 2 aliphatic rings. The Hall–Kier alpha value is -2.94. The van der Waals surface area contributed by atoms with Crippen molar-refractivity contribution in [1.29, 1.82) is 0 Å². The van der Waals surface area contributed by atoms with Crippen molar-refractivity contribution in [1.82, 2.24) is 14.7 Å². The second-order valence-electron chi connectivity index (χ2n) is 8.44. The van der Waals surface area contributed by atoms with E-state index in [9.17, 15) is 4.79 Å². The molecule has 0 saturated carbocycles. The van der Waals surface area contributed by atoms with Gasteiger partial charge in [-0.3, -0.25) is 14.6 Å². The molecule has 1 amide bonds. The van der Waals surface area contributed by atoms with E-state index >= 15 is 0 Å². The molecular weight excluding hydrogens is 458 g/mol. The molecule has 4 rings (SSSR count). The van der Waals surface area contributed by atoms with Crippen LogP contribution in [0, 0.1) is 0 Å². The van der Waals surface area contributed by atoms with Gasteiger partial charge in [-0.2, -0.15) is 0 Å². The first-order valence-corrected chi connectivity index (χ1v) is 11.7. The first kappa shape index (κ1) is 25.7. The van der Waals surface area contributed by atoms with Gasteiger partial charge in [-0.15, -0.1) is 0 Å². The van der Waals surface area contributed by atoms with Crippen molar-refractivity contribution in [2.75, 3.05) is 39.3 Å². The Morgan fingerprint density at radius 3 is 2.00 bits per heavy atom. The van der Waals surface area contributed by atoms with Crippen LogP contribution < -0.4 is 0 Å². The van der Waals surface area contributed by atoms with Crippen LogP contribution in [0.4, 0.5) is 0 Å². The smallest absolute Gasteiger partial charge is 0.414 e. The highest BCUT2D eigenvalue weighted by Gasteiger charge is 2.29.